The van der Waals surface area contributed by atoms with Gasteiger partial charge in [-0.05, 0) is 31.2 Å². The number of aromatic nitrogens is 2. The van der Waals surface area contributed by atoms with Crippen molar-refractivity contribution in [2.75, 3.05) is 10.6 Å². The molecular formula is C13H12N4O2. The van der Waals surface area contributed by atoms with Gasteiger partial charge in [0, 0.05) is 28.9 Å². The van der Waals surface area contributed by atoms with Crippen LogP contribution in [0.1, 0.15) is 5.69 Å². The summed E-state index contributed by atoms with van der Waals surface area (Å²) in [6, 6.07) is 8.84. The SMILES string of the molecule is Cc1cc(NC(=O)Nc2ccc3[nH]ccc3c2)on1. The van der Waals surface area contributed by atoms with Crippen LogP contribution in [0.4, 0.5) is 16.4 Å². The maximum atomic E-state index is 11.7. The van der Waals surface area contributed by atoms with Crippen molar-refractivity contribution in [1.29, 1.82) is 0 Å². The van der Waals surface area contributed by atoms with E-state index >= 15 is 0 Å². The normalized spacial score (nSPS) is 10.6. The average molecular weight is 256 g/mol. The molecule has 0 bridgehead atoms. The van der Waals surface area contributed by atoms with Gasteiger partial charge in [0.25, 0.3) is 0 Å². The Morgan fingerprint density at radius 1 is 1.26 bits per heavy atom. The molecule has 96 valence electrons. The average Bonchev–Trinajstić information content (AvgIpc) is 2.97. The molecule has 3 N–H and O–H groups in total. The summed E-state index contributed by atoms with van der Waals surface area (Å²) in [5.74, 6) is 0.317. The number of fused-ring (bicyclic) bond motifs is 1. The molecular weight excluding hydrogens is 244 g/mol. The van der Waals surface area contributed by atoms with Crippen LogP contribution in [0, 0.1) is 6.92 Å². The van der Waals surface area contributed by atoms with Crippen LogP contribution in [-0.4, -0.2) is 16.2 Å². The quantitative estimate of drug-likeness (QED) is 0.658. The van der Waals surface area contributed by atoms with Gasteiger partial charge in [-0.25, -0.2) is 4.79 Å². The van der Waals surface area contributed by atoms with Gasteiger partial charge < -0.3 is 14.8 Å². The molecule has 0 unspecified atom stereocenters. The number of aromatic amines is 1. The minimum Gasteiger partial charge on any atom is -0.361 e. The monoisotopic (exact) mass is 256 g/mol. The van der Waals surface area contributed by atoms with E-state index in [4.69, 9.17) is 4.52 Å². The number of amides is 2. The first-order valence-electron chi connectivity index (χ1n) is 5.79. The number of hydrogen-bond acceptors (Lipinski definition) is 3. The highest BCUT2D eigenvalue weighted by Gasteiger charge is 2.07. The van der Waals surface area contributed by atoms with Gasteiger partial charge in [0.2, 0.25) is 5.88 Å². The number of anilines is 2. The van der Waals surface area contributed by atoms with E-state index in [1.54, 1.807) is 13.0 Å². The van der Waals surface area contributed by atoms with Crippen molar-refractivity contribution in [1.82, 2.24) is 10.1 Å². The highest BCUT2D eigenvalue weighted by atomic mass is 16.5. The molecule has 0 fully saturated rings. The highest BCUT2D eigenvalue weighted by molar-refractivity contribution is 6.00. The Balaban J connectivity index is 1.71. The Morgan fingerprint density at radius 3 is 2.95 bits per heavy atom. The molecule has 0 aliphatic rings. The van der Waals surface area contributed by atoms with Crippen LogP contribution in [0.2, 0.25) is 0 Å². The van der Waals surface area contributed by atoms with Crippen LogP contribution in [0.25, 0.3) is 10.9 Å². The van der Waals surface area contributed by atoms with Gasteiger partial charge in [-0.1, -0.05) is 5.16 Å². The molecule has 6 heteroatoms. The molecule has 0 atom stereocenters. The van der Waals surface area contributed by atoms with Crippen molar-refractivity contribution in [2.45, 2.75) is 6.92 Å². The van der Waals surface area contributed by atoms with E-state index in [-0.39, 0.29) is 6.03 Å². The van der Waals surface area contributed by atoms with Crippen molar-refractivity contribution in [2.24, 2.45) is 0 Å². The van der Waals surface area contributed by atoms with Crippen LogP contribution in [0.3, 0.4) is 0 Å². The number of H-pyrrole nitrogens is 1. The summed E-state index contributed by atoms with van der Waals surface area (Å²) in [5, 5.41) is 10.0. The van der Waals surface area contributed by atoms with Gasteiger partial charge in [0.15, 0.2) is 0 Å². The molecule has 0 spiro atoms. The number of rotatable bonds is 2. The topological polar surface area (TPSA) is 83.0 Å². The molecule has 6 nitrogen and oxygen atoms in total. The fraction of sp³-hybridized carbons (Fsp3) is 0.0769. The van der Waals surface area contributed by atoms with Crippen molar-refractivity contribution in [3.8, 4) is 0 Å². The molecule has 0 radical (unpaired) electrons. The first-order chi connectivity index (χ1) is 9.20. The standard InChI is InChI=1S/C13H12N4O2/c1-8-6-12(19-17-8)16-13(18)15-10-2-3-11-9(7-10)4-5-14-11/h2-7,14H,1H3,(H2,15,16,18). The zero-order valence-electron chi connectivity index (χ0n) is 10.2. The molecule has 1 aromatic carbocycles. The van der Waals surface area contributed by atoms with Crippen molar-refractivity contribution >= 4 is 28.5 Å². The fourth-order valence-electron chi connectivity index (χ4n) is 1.83. The Bertz CT molecular complexity index is 729. The largest absolute Gasteiger partial charge is 0.361 e. The Morgan fingerprint density at radius 2 is 2.16 bits per heavy atom. The summed E-state index contributed by atoms with van der Waals surface area (Å²) >= 11 is 0. The molecule has 2 aromatic heterocycles. The van der Waals surface area contributed by atoms with Crippen LogP contribution in [-0.2, 0) is 0 Å². The number of carbonyl (C=O) groups excluding carboxylic acids is 1. The maximum absolute atomic E-state index is 11.7. The summed E-state index contributed by atoms with van der Waals surface area (Å²) < 4.78 is 4.90. The Hall–Kier alpha value is -2.76. The van der Waals surface area contributed by atoms with Crippen molar-refractivity contribution in [3.05, 3.63) is 42.2 Å². The van der Waals surface area contributed by atoms with Crippen LogP contribution in [0.5, 0.6) is 0 Å². The van der Waals surface area contributed by atoms with Gasteiger partial charge >= 0.3 is 6.03 Å². The van der Waals surface area contributed by atoms with Gasteiger partial charge in [0.05, 0.1) is 5.69 Å². The van der Waals surface area contributed by atoms with E-state index in [1.807, 2.05) is 30.5 Å². The third-order valence-corrected chi connectivity index (χ3v) is 2.68. The van der Waals surface area contributed by atoms with Crippen molar-refractivity contribution < 1.29 is 9.32 Å². The lowest BCUT2D eigenvalue weighted by atomic mass is 10.2. The number of aryl methyl sites for hydroxylation is 1. The Labute approximate surface area is 108 Å². The molecule has 2 heterocycles. The van der Waals surface area contributed by atoms with E-state index < -0.39 is 0 Å². The number of carbonyl (C=O) groups is 1. The van der Waals surface area contributed by atoms with Crippen LogP contribution >= 0.6 is 0 Å². The van der Waals surface area contributed by atoms with E-state index in [9.17, 15) is 4.79 Å². The molecule has 0 saturated carbocycles. The van der Waals surface area contributed by atoms with E-state index in [2.05, 4.69) is 20.8 Å². The fourth-order valence-corrected chi connectivity index (χ4v) is 1.83. The second-order valence-corrected chi connectivity index (χ2v) is 4.19. The predicted octanol–water partition coefficient (Wildman–Crippen LogP) is 3.11. The van der Waals surface area contributed by atoms with E-state index in [0.717, 1.165) is 10.9 Å². The molecule has 0 aliphatic heterocycles. The lowest BCUT2D eigenvalue weighted by molar-refractivity contribution is 0.261. The van der Waals surface area contributed by atoms with E-state index in [1.165, 1.54) is 0 Å². The molecule has 2 amide bonds. The van der Waals surface area contributed by atoms with Crippen molar-refractivity contribution in [3.63, 3.8) is 0 Å². The van der Waals surface area contributed by atoms with Gasteiger partial charge in [0.1, 0.15) is 0 Å². The molecule has 0 saturated heterocycles. The highest BCUT2D eigenvalue weighted by Crippen LogP contribution is 2.18. The van der Waals surface area contributed by atoms with Gasteiger partial charge in [-0.15, -0.1) is 0 Å². The zero-order chi connectivity index (χ0) is 13.2. The molecule has 0 aliphatic carbocycles. The number of nitrogens with one attached hydrogen (secondary N) is 3. The maximum Gasteiger partial charge on any atom is 0.326 e. The minimum absolute atomic E-state index is 0.317. The molecule has 3 aromatic rings. The number of hydrogen-bond donors (Lipinski definition) is 3. The number of benzene rings is 1. The first-order valence-corrected chi connectivity index (χ1v) is 5.79. The summed E-state index contributed by atoms with van der Waals surface area (Å²) in [4.78, 5) is 14.8. The Kier molecular flexibility index (Phi) is 2.68. The number of nitrogens with zero attached hydrogens (tertiary/aromatic N) is 1. The smallest absolute Gasteiger partial charge is 0.326 e. The lowest BCUT2D eigenvalue weighted by Crippen LogP contribution is -2.18. The van der Waals surface area contributed by atoms with Gasteiger partial charge in [-0.2, -0.15) is 0 Å². The second kappa shape index (κ2) is 4.49. The van der Waals surface area contributed by atoms with Crippen LogP contribution < -0.4 is 10.6 Å². The lowest BCUT2D eigenvalue weighted by Gasteiger charge is -2.05. The minimum atomic E-state index is -0.369. The summed E-state index contributed by atoms with van der Waals surface area (Å²) in [5.41, 5.74) is 2.45. The third-order valence-electron chi connectivity index (χ3n) is 2.68. The second-order valence-electron chi connectivity index (χ2n) is 4.19. The predicted molar refractivity (Wildman–Crippen MR) is 72.2 cm³/mol. The third kappa shape index (κ3) is 2.42. The number of urea groups is 1. The summed E-state index contributed by atoms with van der Waals surface area (Å²) in [7, 11) is 0. The van der Waals surface area contributed by atoms with Crippen LogP contribution in [0.15, 0.2) is 41.1 Å². The molecule has 3 rings (SSSR count). The molecule has 19 heavy (non-hydrogen) atoms. The van der Waals surface area contributed by atoms with Gasteiger partial charge in [-0.3, -0.25) is 5.32 Å². The summed E-state index contributed by atoms with van der Waals surface area (Å²) in [6.45, 7) is 1.78. The summed E-state index contributed by atoms with van der Waals surface area (Å²) in [6.07, 6.45) is 1.85. The van der Waals surface area contributed by atoms with E-state index in [0.29, 0.717) is 17.3 Å². The first kappa shape index (κ1) is 11.3. The zero-order valence-corrected chi connectivity index (χ0v) is 10.2.